The second-order valence-corrected chi connectivity index (χ2v) is 7.64. The van der Waals surface area contributed by atoms with Crippen molar-refractivity contribution in [3.05, 3.63) is 28.2 Å². The normalized spacial score (nSPS) is 21.5. The zero-order chi connectivity index (χ0) is 17.3. The number of carbonyl (C=O) groups excluding carboxylic acids is 1. The summed E-state index contributed by atoms with van der Waals surface area (Å²) in [6, 6.07) is 5.62. The van der Waals surface area contributed by atoms with Gasteiger partial charge >= 0.3 is 6.09 Å². The molecule has 1 aliphatic heterocycles. The molecule has 0 saturated heterocycles. The fraction of sp³-hybridized carbons (Fsp3) is 0.500. The van der Waals surface area contributed by atoms with Gasteiger partial charge in [-0.2, -0.15) is 0 Å². The number of benzene rings is 1. The number of aliphatic imine (C=N–C) groups is 1. The topological polar surface area (TPSA) is 85.9 Å². The largest absolute Gasteiger partial charge is 0.444 e. The summed E-state index contributed by atoms with van der Waals surface area (Å²) in [6.45, 7) is 7.99. The summed E-state index contributed by atoms with van der Waals surface area (Å²) in [5.41, 5.74) is 6.26. The second kappa shape index (κ2) is 6.49. The lowest BCUT2D eigenvalue weighted by Crippen LogP contribution is -2.44. The lowest BCUT2D eigenvalue weighted by Gasteiger charge is -2.31. The van der Waals surface area contributed by atoms with Crippen LogP contribution in [-0.4, -0.2) is 30.7 Å². The number of nitrogens with two attached hydrogens (primary N) is 1. The number of anilines is 1. The van der Waals surface area contributed by atoms with E-state index < -0.39 is 17.2 Å². The van der Waals surface area contributed by atoms with E-state index in [0.29, 0.717) is 18.1 Å². The van der Waals surface area contributed by atoms with Crippen molar-refractivity contribution >= 4 is 33.5 Å². The molecule has 0 spiro atoms. The van der Waals surface area contributed by atoms with E-state index in [0.717, 1.165) is 10.0 Å². The molecule has 1 amide bonds. The van der Waals surface area contributed by atoms with E-state index >= 15 is 0 Å². The fourth-order valence-corrected chi connectivity index (χ4v) is 2.78. The molecule has 0 fully saturated rings. The van der Waals surface area contributed by atoms with E-state index in [2.05, 4.69) is 26.2 Å². The summed E-state index contributed by atoms with van der Waals surface area (Å²) in [6.07, 6.45) is -0.544. The summed E-state index contributed by atoms with van der Waals surface area (Å²) < 4.78 is 11.7. The fourth-order valence-electron chi connectivity index (χ4n) is 2.27. The average Bonchev–Trinajstić information content (AvgIpc) is 2.35. The van der Waals surface area contributed by atoms with Gasteiger partial charge in [0.2, 0.25) is 0 Å². The quantitative estimate of drug-likeness (QED) is 0.729. The molecule has 3 N–H and O–H groups in total. The molecule has 126 valence electrons. The van der Waals surface area contributed by atoms with Gasteiger partial charge in [-0.25, -0.2) is 4.79 Å². The minimum atomic E-state index is -0.625. The molecular formula is C16H22BrN3O3. The van der Waals surface area contributed by atoms with Crippen LogP contribution in [-0.2, 0) is 15.0 Å². The first-order valence-electron chi connectivity index (χ1n) is 7.30. The van der Waals surface area contributed by atoms with Crippen LogP contribution in [0.25, 0.3) is 0 Å². The summed E-state index contributed by atoms with van der Waals surface area (Å²) in [5, 5.41) is 2.65. The molecule has 1 aromatic carbocycles. The highest BCUT2D eigenvalue weighted by Crippen LogP contribution is 2.32. The van der Waals surface area contributed by atoms with Crippen LogP contribution in [0.5, 0.6) is 0 Å². The second-order valence-electron chi connectivity index (χ2n) is 6.73. The molecule has 2 rings (SSSR count). The first-order chi connectivity index (χ1) is 10.6. The van der Waals surface area contributed by atoms with E-state index in [1.165, 1.54) is 0 Å². The number of ether oxygens (including phenoxy) is 2. The summed E-state index contributed by atoms with van der Waals surface area (Å²) >= 11 is 3.43. The number of amides is 1. The Kier molecular flexibility index (Phi) is 5.01. The van der Waals surface area contributed by atoms with E-state index in [-0.39, 0.29) is 6.61 Å². The molecule has 1 atom stereocenters. The smallest absolute Gasteiger partial charge is 0.413 e. The van der Waals surface area contributed by atoms with Crippen molar-refractivity contribution in [2.24, 2.45) is 4.99 Å². The van der Waals surface area contributed by atoms with Crippen molar-refractivity contribution in [3.63, 3.8) is 0 Å². The number of nitrogens with one attached hydrogen (secondary N) is 1. The van der Waals surface area contributed by atoms with E-state index in [1.54, 1.807) is 20.8 Å². The number of amidine groups is 1. The number of carbonyl (C=O) groups is 1. The van der Waals surface area contributed by atoms with Gasteiger partial charge < -0.3 is 15.2 Å². The molecule has 1 heterocycles. The number of nitrogens with zero attached hydrogens (tertiary/aromatic N) is 1. The molecule has 1 aliphatic rings. The highest BCUT2D eigenvalue weighted by Gasteiger charge is 2.32. The van der Waals surface area contributed by atoms with Crippen LogP contribution in [0.15, 0.2) is 27.7 Å². The van der Waals surface area contributed by atoms with Gasteiger partial charge in [-0.1, -0.05) is 15.9 Å². The Balaban J connectivity index is 2.21. The van der Waals surface area contributed by atoms with Crippen LogP contribution >= 0.6 is 15.9 Å². The molecule has 0 radical (unpaired) electrons. The number of alkyl carbamates (subject to hydrolysis) is 1. The van der Waals surface area contributed by atoms with Gasteiger partial charge in [-0.3, -0.25) is 10.3 Å². The van der Waals surface area contributed by atoms with E-state index in [4.69, 9.17) is 15.2 Å². The highest BCUT2D eigenvalue weighted by atomic mass is 79.9. The van der Waals surface area contributed by atoms with Gasteiger partial charge in [-0.05, 0) is 51.5 Å². The zero-order valence-corrected chi connectivity index (χ0v) is 15.4. The maximum Gasteiger partial charge on any atom is 0.413 e. The van der Waals surface area contributed by atoms with Gasteiger partial charge in [0.1, 0.15) is 23.6 Å². The van der Waals surface area contributed by atoms with Crippen LogP contribution in [0, 0.1) is 0 Å². The van der Waals surface area contributed by atoms with Crippen molar-refractivity contribution in [2.75, 3.05) is 18.9 Å². The number of hydrogen-bond acceptors (Lipinski definition) is 5. The predicted octanol–water partition coefficient (Wildman–Crippen LogP) is 3.20. The van der Waals surface area contributed by atoms with Gasteiger partial charge in [0, 0.05) is 10.2 Å². The number of rotatable bonds is 1. The monoisotopic (exact) mass is 383 g/mol. The molecule has 1 aromatic rings. The third kappa shape index (κ3) is 4.94. The predicted molar refractivity (Wildman–Crippen MR) is 93.5 cm³/mol. The third-order valence-corrected chi connectivity index (χ3v) is 3.65. The lowest BCUT2D eigenvalue weighted by molar-refractivity contribution is 0.0543. The first kappa shape index (κ1) is 17.7. The maximum atomic E-state index is 11.9. The van der Waals surface area contributed by atoms with Crippen LogP contribution in [0.2, 0.25) is 0 Å². The van der Waals surface area contributed by atoms with Crippen LogP contribution in [0.3, 0.4) is 0 Å². The Bertz CT molecular complexity index is 620. The Morgan fingerprint density at radius 2 is 2.13 bits per heavy atom. The molecule has 0 aliphatic carbocycles. The number of halogens is 1. The number of nitrogen functional groups attached to an aromatic ring is 1. The zero-order valence-electron chi connectivity index (χ0n) is 13.8. The van der Waals surface area contributed by atoms with Crippen LogP contribution in [0.1, 0.15) is 33.3 Å². The highest BCUT2D eigenvalue weighted by molar-refractivity contribution is 9.10. The average molecular weight is 384 g/mol. The molecule has 0 saturated carbocycles. The van der Waals surface area contributed by atoms with Gasteiger partial charge in [-0.15, -0.1) is 0 Å². The van der Waals surface area contributed by atoms with E-state index in [1.807, 2.05) is 25.1 Å². The maximum absolute atomic E-state index is 11.9. The molecule has 7 heteroatoms. The van der Waals surface area contributed by atoms with Crippen LogP contribution in [0.4, 0.5) is 10.5 Å². The minimum absolute atomic E-state index is 0.234. The molecule has 0 aromatic heterocycles. The first-order valence-corrected chi connectivity index (χ1v) is 8.10. The Hall–Kier alpha value is -1.60. The van der Waals surface area contributed by atoms with Crippen molar-refractivity contribution in [3.8, 4) is 0 Å². The molecule has 23 heavy (non-hydrogen) atoms. The minimum Gasteiger partial charge on any atom is -0.444 e. The summed E-state index contributed by atoms with van der Waals surface area (Å²) in [7, 11) is 0. The Labute approximate surface area is 144 Å². The van der Waals surface area contributed by atoms with Crippen LogP contribution < -0.4 is 11.1 Å². The van der Waals surface area contributed by atoms with Gasteiger partial charge in [0.05, 0.1) is 6.61 Å². The summed E-state index contributed by atoms with van der Waals surface area (Å²) in [5.74, 6) is 0.437. The van der Waals surface area contributed by atoms with Crippen molar-refractivity contribution in [1.29, 1.82) is 0 Å². The van der Waals surface area contributed by atoms with Crippen molar-refractivity contribution < 1.29 is 14.3 Å². The Morgan fingerprint density at radius 1 is 1.43 bits per heavy atom. The van der Waals surface area contributed by atoms with Crippen molar-refractivity contribution in [1.82, 2.24) is 5.32 Å². The standard InChI is InChI=1S/C16H22BrN3O3/c1-15(2,3)23-14(21)19-13-8-22-9-16(4,20-13)10-5-11(17)7-12(18)6-10/h5-7H,8-9,18H2,1-4H3,(H,19,20,21). The summed E-state index contributed by atoms with van der Waals surface area (Å²) in [4.78, 5) is 16.5. The SMILES string of the molecule is CC(C)(C)OC(=O)NC1=NC(C)(c2cc(N)cc(Br)c2)COC1. The Morgan fingerprint density at radius 3 is 2.74 bits per heavy atom. The molecule has 6 nitrogen and oxygen atoms in total. The molecular weight excluding hydrogens is 362 g/mol. The van der Waals surface area contributed by atoms with E-state index in [9.17, 15) is 4.79 Å². The number of hydrogen-bond donors (Lipinski definition) is 2. The molecule has 1 unspecified atom stereocenters. The lowest BCUT2D eigenvalue weighted by atomic mass is 9.92. The van der Waals surface area contributed by atoms with Crippen molar-refractivity contribution in [2.45, 2.75) is 38.8 Å². The van der Waals surface area contributed by atoms with Gasteiger partial charge in [0.25, 0.3) is 0 Å². The molecule has 0 bridgehead atoms. The third-order valence-electron chi connectivity index (χ3n) is 3.19. The van der Waals surface area contributed by atoms with Gasteiger partial charge in [0.15, 0.2) is 0 Å².